The quantitative estimate of drug-likeness (QED) is 0.615. The molecule has 0 aliphatic carbocycles. The average Bonchev–Trinajstić information content (AvgIpc) is 2.01. The van der Waals surface area contributed by atoms with E-state index in [1.807, 2.05) is 0 Å². The van der Waals surface area contributed by atoms with E-state index in [1.165, 1.54) is 6.92 Å². The Bertz CT molecular complexity index is 375. The number of nitrogens with two attached hydrogens (primary N) is 1. The highest BCUT2D eigenvalue weighted by Crippen LogP contribution is 2.39. The lowest BCUT2D eigenvalue weighted by molar-refractivity contribution is 0.101. The molecule has 0 fully saturated rings. The summed E-state index contributed by atoms with van der Waals surface area (Å²) in [5, 5.41) is 0. The number of hydrogen-bond acceptors (Lipinski definition) is 4. The van der Waals surface area contributed by atoms with Crippen LogP contribution in [0.15, 0.2) is 6.33 Å². The number of ketones is 1. The average molecular weight is 255 g/mol. The summed E-state index contributed by atoms with van der Waals surface area (Å²) in [6.45, 7) is 1.30. The highest BCUT2D eigenvalue weighted by Gasteiger charge is 2.31. The Balaban J connectivity index is 3.44. The maximum atomic E-state index is 11.2. The molecule has 0 aromatic carbocycles. The molecule has 1 rings (SSSR count). The molecule has 7 heteroatoms. The summed E-state index contributed by atoms with van der Waals surface area (Å²) in [5.74, 6) is -0.335. The topological polar surface area (TPSA) is 68.9 Å². The number of aromatic nitrogens is 2. The monoisotopic (exact) mass is 253 g/mol. The first-order chi connectivity index (χ1) is 6.34. The van der Waals surface area contributed by atoms with Crippen LogP contribution >= 0.6 is 34.8 Å². The first-order valence-electron chi connectivity index (χ1n) is 3.52. The van der Waals surface area contributed by atoms with Gasteiger partial charge in [-0.2, -0.15) is 0 Å². The van der Waals surface area contributed by atoms with Crippen molar-refractivity contribution in [2.75, 3.05) is 5.73 Å². The normalized spacial score (nSPS) is 11.4. The number of hydrogen-bond donors (Lipinski definition) is 1. The standard InChI is InChI=1S/C7H6Cl3N3O/c1-3(14)4-5(7(8,9)10)12-2-13-6(4)11/h2H,1H3,(H2,11,12,13). The molecule has 0 amide bonds. The smallest absolute Gasteiger partial charge is 0.233 e. The van der Waals surface area contributed by atoms with Crippen molar-refractivity contribution in [1.29, 1.82) is 0 Å². The van der Waals surface area contributed by atoms with Crippen molar-refractivity contribution in [3.05, 3.63) is 17.6 Å². The van der Waals surface area contributed by atoms with Gasteiger partial charge in [-0.3, -0.25) is 4.79 Å². The highest BCUT2D eigenvalue weighted by atomic mass is 35.6. The Kier molecular flexibility index (Phi) is 3.19. The van der Waals surface area contributed by atoms with Gasteiger partial charge in [0, 0.05) is 0 Å². The zero-order valence-corrected chi connectivity index (χ0v) is 9.36. The van der Waals surface area contributed by atoms with E-state index in [1.54, 1.807) is 0 Å². The van der Waals surface area contributed by atoms with E-state index in [2.05, 4.69) is 9.97 Å². The maximum absolute atomic E-state index is 11.2. The summed E-state index contributed by atoms with van der Waals surface area (Å²) >= 11 is 16.8. The van der Waals surface area contributed by atoms with Crippen LogP contribution in [0.1, 0.15) is 23.0 Å². The van der Waals surface area contributed by atoms with Crippen molar-refractivity contribution in [3.8, 4) is 0 Å². The number of nitrogen functional groups attached to an aromatic ring is 1. The van der Waals surface area contributed by atoms with Crippen LogP contribution in [0.4, 0.5) is 5.82 Å². The Morgan fingerprint density at radius 1 is 1.43 bits per heavy atom. The minimum atomic E-state index is -1.78. The molecular weight excluding hydrogens is 248 g/mol. The molecule has 0 spiro atoms. The van der Waals surface area contributed by atoms with Crippen LogP contribution in [0.3, 0.4) is 0 Å². The molecule has 76 valence electrons. The van der Waals surface area contributed by atoms with Crippen LogP contribution in [-0.4, -0.2) is 15.8 Å². The summed E-state index contributed by atoms with van der Waals surface area (Å²) in [5.41, 5.74) is 5.52. The zero-order chi connectivity index (χ0) is 10.9. The molecule has 0 unspecified atom stereocenters. The van der Waals surface area contributed by atoms with Crippen molar-refractivity contribution in [2.45, 2.75) is 10.7 Å². The number of Topliss-reactive ketones (excluding diaryl/α,β-unsaturated/α-hetero) is 1. The first-order valence-corrected chi connectivity index (χ1v) is 4.66. The highest BCUT2D eigenvalue weighted by molar-refractivity contribution is 6.66. The van der Waals surface area contributed by atoms with Gasteiger partial charge in [0.15, 0.2) is 5.78 Å². The van der Waals surface area contributed by atoms with E-state index in [-0.39, 0.29) is 22.9 Å². The second kappa shape index (κ2) is 3.88. The zero-order valence-electron chi connectivity index (χ0n) is 7.09. The fourth-order valence-electron chi connectivity index (χ4n) is 0.961. The lowest BCUT2D eigenvalue weighted by Crippen LogP contribution is -2.15. The van der Waals surface area contributed by atoms with Crippen LogP contribution in [0.2, 0.25) is 0 Å². The molecule has 0 radical (unpaired) electrons. The molecule has 0 bridgehead atoms. The van der Waals surface area contributed by atoms with Gasteiger partial charge in [0.25, 0.3) is 0 Å². The second-order valence-corrected chi connectivity index (χ2v) is 4.82. The SMILES string of the molecule is CC(=O)c1c(N)ncnc1C(Cl)(Cl)Cl. The van der Waals surface area contributed by atoms with E-state index >= 15 is 0 Å². The van der Waals surface area contributed by atoms with E-state index < -0.39 is 3.79 Å². The molecule has 0 atom stereocenters. The summed E-state index contributed by atoms with van der Waals surface area (Å²) < 4.78 is -1.78. The Morgan fingerprint density at radius 2 is 2.00 bits per heavy atom. The van der Waals surface area contributed by atoms with Crippen molar-refractivity contribution in [2.24, 2.45) is 0 Å². The summed E-state index contributed by atoms with van der Waals surface area (Å²) in [7, 11) is 0. The third-order valence-electron chi connectivity index (χ3n) is 1.50. The van der Waals surface area contributed by atoms with Gasteiger partial charge in [0.05, 0.1) is 5.56 Å². The molecule has 0 saturated heterocycles. The molecule has 2 N–H and O–H groups in total. The van der Waals surface area contributed by atoms with Gasteiger partial charge < -0.3 is 5.73 Å². The van der Waals surface area contributed by atoms with Crippen LogP contribution in [0.5, 0.6) is 0 Å². The number of nitrogens with zero attached hydrogens (tertiary/aromatic N) is 2. The number of rotatable bonds is 1. The largest absolute Gasteiger partial charge is 0.383 e. The number of anilines is 1. The molecule has 4 nitrogen and oxygen atoms in total. The Hall–Kier alpha value is -0.580. The fraction of sp³-hybridized carbons (Fsp3) is 0.286. The Labute approximate surface area is 95.4 Å². The van der Waals surface area contributed by atoms with E-state index in [4.69, 9.17) is 40.5 Å². The molecule has 1 aromatic heterocycles. The van der Waals surface area contributed by atoms with Crippen LogP contribution in [0, 0.1) is 0 Å². The molecule has 1 heterocycles. The number of carbonyl (C=O) groups excluding carboxylic acids is 1. The predicted molar refractivity (Wildman–Crippen MR) is 55.7 cm³/mol. The molecular formula is C7H6Cl3N3O. The van der Waals surface area contributed by atoms with Crippen LogP contribution < -0.4 is 5.73 Å². The summed E-state index contributed by atoms with van der Waals surface area (Å²) in [6, 6.07) is 0. The van der Waals surface area contributed by atoms with Gasteiger partial charge in [0.1, 0.15) is 17.8 Å². The third-order valence-corrected chi connectivity index (χ3v) is 2.03. The predicted octanol–water partition coefficient (Wildman–Crippen LogP) is 2.09. The number of carbonyl (C=O) groups is 1. The van der Waals surface area contributed by atoms with Gasteiger partial charge in [-0.05, 0) is 6.92 Å². The Morgan fingerprint density at radius 3 is 2.36 bits per heavy atom. The molecule has 14 heavy (non-hydrogen) atoms. The van der Waals surface area contributed by atoms with E-state index in [9.17, 15) is 4.79 Å². The minimum absolute atomic E-state index is 0.00231. The second-order valence-electron chi connectivity index (χ2n) is 2.54. The molecule has 0 aliphatic rings. The maximum Gasteiger partial charge on any atom is 0.233 e. The lowest BCUT2D eigenvalue weighted by Gasteiger charge is -2.13. The van der Waals surface area contributed by atoms with Crippen molar-refractivity contribution < 1.29 is 4.79 Å². The van der Waals surface area contributed by atoms with Crippen molar-refractivity contribution in [3.63, 3.8) is 0 Å². The van der Waals surface area contributed by atoms with E-state index in [0.29, 0.717) is 0 Å². The first kappa shape index (κ1) is 11.5. The van der Waals surface area contributed by atoms with Gasteiger partial charge in [-0.1, -0.05) is 34.8 Å². The van der Waals surface area contributed by atoms with Crippen LogP contribution in [0.25, 0.3) is 0 Å². The van der Waals surface area contributed by atoms with Crippen LogP contribution in [-0.2, 0) is 3.79 Å². The van der Waals surface area contributed by atoms with Gasteiger partial charge in [-0.25, -0.2) is 9.97 Å². The van der Waals surface area contributed by atoms with Gasteiger partial charge >= 0.3 is 0 Å². The van der Waals surface area contributed by atoms with Gasteiger partial charge in [0.2, 0.25) is 3.79 Å². The summed E-state index contributed by atoms with van der Waals surface area (Å²) in [6.07, 6.45) is 1.14. The van der Waals surface area contributed by atoms with Crippen molar-refractivity contribution >= 4 is 46.4 Å². The number of alkyl halides is 3. The molecule has 0 saturated carbocycles. The van der Waals surface area contributed by atoms with Crippen molar-refractivity contribution in [1.82, 2.24) is 9.97 Å². The minimum Gasteiger partial charge on any atom is -0.383 e. The molecule has 0 aliphatic heterocycles. The number of halogens is 3. The molecule has 1 aromatic rings. The summed E-state index contributed by atoms with van der Waals surface area (Å²) in [4.78, 5) is 18.6. The fourth-order valence-corrected chi connectivity index (χ4v) is 1.39. The third kappa shape index (κ3) is 2.26. The van der Waals surface area contributed by atoms with Gasteiger partial charge in [-0.15, -0.1) is 0 Å². The lowest BCUT2D eigenvalue weighted by atomic mass is 10.1. The van der Waals surface area contributed by atoms with E-state index in [0.717, 1.165) is 6.33 Å².